The van der Waals surface area contributed by atoms with Crippen LogP contribution in [0, 0.1) is 0 Å². The van der Waals surface area contributed by atoms with Gasteiger partial charge in [-0.25, -0.2) is 0 Å². The Morgan fingerprint density at radius 2 is 1.06 bits per heavy atom. The fourth-order valence-electron chi connectivity index (χ4n) is 7.84. The van der Waals surface area contributed by atoms with E-state index in [1.807, 2.05) is 18.2 Å². The Morgan fingerprint density at radius 3 is 1.83 bits per heavy atom. The van der Waals surface area contributed by atoms with E-state index in [1.54, 1.807) is 0 Å². The van der Waals surface area contributed by atoms with Crippen LogP contribution >= 0.6 is 0 Å². The summed E-state index contributed by atoms with van der Waals surface area (Å²) in [5.74, 6) is 3.33. The number of fused-ring (bicyclic) bond motifs is 10. The van der Waals surface area contributed by atoms with Gasteiger partial charge in [0.2, 0.25) is 0 Å². The molecule has 2 aliphatic rings. The molecule has 0 spiro atoms. The number of hydrogen-bond donors (Lipinski definition) is 0. The molecule has 5 heteroatoms. The van der Waals surface area contributed by atoms with Gasteiger partial charge in [-0.05, 0) is 70.6 Å². The topological polar surface area (TPSA) is 36.5 Å². The standard InChI is InChI=1S/C42H24BNO3/c1-5-13-34-28(9-1)29-10-2-6-14-35(29)44(34)27-19-17-25(18-20-27)26-21-40-42-41(22-26)47-39-24-38-31(30-11-3-7-15-36(30)45-38)23-33(39)43(42)32-12-4-8-16-37(32)46-40/h1-24H. The number of aromatic nitrogens is 1. The van der Waals surface area contributed by atoms with Crippen molar-refractivity contribution in [3.63, 3.8) is 0 Å². The van der Waals surface area contributed by atoms with Crippen molar-refractivity contribution >= 4 is 66.8 Å². The molecule has 0 bridgehead atoms. The van der Waals surface area contributed by atoms with E-state index >= 15 is 0 Å². The van der Waals surface area contributed by atoms with Crippen molar-refractivity contribution in [2.24, 2.45) is 0 Å². The van der Waals surface area contributed by atoms with Gasteiger partial charge in [0, 0.05) is 38.8 Å². The summed E-state index contributed by atoms with van der Waals surface area (Å²) in [7, 11) is 0. The summed E-state index contributed by atoms with van der Waals surface area (Å²) in [6, 6.07) is 51.2. The van der Waals surface area contributed by atoms with E-state index in [2.05, 4.69) is 132 Å². The maximum Gasteiger partial charge on any atom is 0.260 e. The highest BCUT2D eigenvalue weighted by Crippen LogP contribution is 2.41. The van der Waals surface area contributed by atoms with E-state index in [1.165, 1.54) is 21.8 Å². The molecule has 0 N–H and O–H groups in total. The fraction of sp³-hybridized carbons (Fsp3) is 0. The molecule has 2 aliphatic heterocycles. The molecule has 0 saturated carbocycles. The van der Waals surface area contributed by atoms with Crippen LogP contribution in [0.15, 0.2) is 150 Å². The summed E-state index contributed by atoms with van der Waals surface area (Å²) in [6.45, 7) is -0.0153. The fourth-order valence-corrected chi connectivity index (χ4v) is 7.84. The third kappa shape index (κ3) is 3.48. The first-order chi connectivity index (χ1) is 23.3. The monoisotopic (exact) mass is 601 g/mol. The molecule has 47 heavy (non-hydrogen) atoms. The first-order valence-electron chi connectivity index (χ1n) is 16.0. The number of para-hydroxylation sites is 4. The van der Waals surface area contributed by atoms with Crippen LogP contribution in [0.5, 0.6) is 23.0 Å². The second kappa shape index (κ2) is 9.18. The molecule has 11 rings (SSSR count). The molecule has 0 aliphatic carbocycles. The Bertz CT molecular complexity index is 2700. The van der Waals surface area contributed by atoms with Crippen molar-refractivity contribution in [3.05, 3.63) is 146 Å². The second-order valence-corrected chi connectivity index (χ2v) is 12.5. The zero-order chi connectivity index (χ0) is 30.6. The smallest absolute Gasteiger partial charge is 0.260 e. The third-order valence-corrected chi connectivity index (χ3v) is 9.92. The van der Waals surface area contributed by atoms with Gasteiger partial charge in [0.25, 0.3) is 6.71 Å². The summed E-state index contributed by atoms with van der Waals surface area (Å²) in [6.07, 6.45) is 0. The van der Waals surface area contributed by atoms with Gasteiger partial charge in [-0.3, -0.25) is 0 Å². The van der Waals surface area contributed by atoms with Gasteiger partial charge in [-0.2, -0.15) is 0 Å². The van der Waals surface area contributed by atoms with E-state index in [0.717, 1.165) is 78.1 Å². The van der Waals surface area contributed by atoms with Gasteiger partial charge in [-0.1, -0.05) is 91.0 Å². The average Bonchev–Trinajstić information content (AvgIpc) is 3.66. The highest BCUT2D eigenvalue weighted by atomic mass is 16.5. The lowest BCUT2D eigenvalue weighted by Crippen LogP contribution is -2.57. The minimum atomic E-state index is -0.0153. The van der Waals surface area contributed by atoms with Crippen molar-refractivity contribution in [1.29, 1.82) is 0 Å². The molecule has 7 aromatic carbocycles. The lowest BCUT2D eigenvalue weighted by atomic mass is 9.34. The molecular formula is C42H24BNO3. The zero-order valence-electron chi connectivity index (χ0n) is 25.1. The molecule has 218 valence electrons. The van der Waals surface area contributed by atoms with Gasteiger partial charge in [-0.15, -0.1) is 0 Å². The van der Waals surface area contributed by atoms with Gasteiger partial charge >= 0.3 is 0 Å². The number of hydrogen-bond acceptors (Lipinski definition) is 3. The SMILES string of the molecule is c1ccc2c(c1)Oc1cc(-c3ccc(-n4c5ccccc5c5ccccc54)cc3)cc3c1B2c1cc2c(cc1O3)oc1ccccc12. The van der Waals surface area contributed by atoms with Crippen molar-refractivity contribution in [3.8, 4) is 39.8 Å². The van der Waals surface area contributed by atoms with Crippen LogP contribution < -0.4 is 25.9 Å². The first kappa shape index (κ1) is 25.0. The molecule has 0 saturated heterocycles. The van der Waals surface area contributed by atoms with Crippen molar-refractivity contribution in [2.75, 3.05) is 0 Å². The predicted octanol–water partition coefficient (Wildman–Crippen LogP) is 9.08. The normalized spacial score (nSPS) is 13.0. The highest BCUT2D eigenvalue weighted by Gasteiger charge is 2.40. The van der Waals surface area contributed by atoms with E-state index < -0.39 is 0 Å². The Morgan fingerprint density at radius 1 is 0.426 bits per heavy atom. The van der Waals surface area contributed by atoms with Crippen LogP contribution in [0.1, 0.15) is 0 Å². The number of benzene rings is 7. The van der Waals surface area contributed by atoms with E-state index in [-0.39, 0.29) is 6.71 Å². The molecule has 4 nitrogen and oxygen atoms in total. The first-order valence-corrected chi connectivity index (χ1v) is 16.0. The minimum Gasteiger partial charge on any atom is -0.458 e. The van der Waals surface area contributed by atoms with Crippen molar-refractivity contribution in [2.45, 2.75) is 0 Å². The maximum absolute atomic E-state index is 6.74. The molecule has 4 heterocycles. The summed E-state index contributed by atoms with van der Waals surface area (Å²) >= 11 is 0. The van der Waals surface area contributed by atoms with Gasteiger partial charge in [0.1, 0.15) is 34.2 Å². The van der Waals surface area contributed by atoms with Gasteiger partial charge < -0.3 is 18.5 Å². The number of furan rings is 1. The summed E-state index contributed by atoms with van der Waals surface area (Å²) in [5, 5.41) is 4.71. The van der Waals surface area contributed by atoms with Crippen LogP contribution in [0.25, 0.3) is 60.6 Å². The minimum absolute atomic E-state index is 0.0153. The van der Waals surface area contributed by atoms with E-state index in [9.17, 15) is 0 Å². The average molecular weight is 601 g/mol. The lowest BCUT2D eigenvalue weighted by molar-refractivity contribution is 0.465. The van der Waals surface area contributed by atoms with Crippen LogP contribution in [-0.2, 0) is 0 Å². The summed E-state index contributed by atoms with van der Waals surface area (Å²) < 4.78 is 22.0. The van der Waals surface area contributed by atoms with Gasteiger partial charge in [0.05, 0.1) is 11.0 Å². The van der Waals surface area contributed by atoms with Crippen LogP contribution in [-0.4, -0.2) is 11.3 Å². The molecule has 0 amide bonds. The van der Waals surface area contributed by atoms with Crippen LogP contribution in [0.2, 0.25) is 0 Å². The van der Waals surface area contributed by atoms with Crippen LogP contribution in [0.4, 0.5) is 0 Å². The highest BCUT2D eigenvalue weighted by molar-refractivity contribution is 6.98. The van der Waals surface area contributed by atoms with E-state index in [0.29, 0.717) is 0 Å². The Hall–Kier alpha value is -6.20. The Balaban J connectivity index is 1.07. The predicted molar refractivity (Wildman–Crippen MR) is 191 cm³/mol. The molecule has 2 aromatic heterocycles. The zero-order valence-corrected chi connectivity index (χ0v) is 25.1. The Labute approximate surface area is 270 Å². The largest absolute Gasteiger partial charge is 0.458 e. The quantitative estimate of drug-likeness (QED) is 0.186. The van der Waals surface area contributed by atoms with Crippen molar-refractivity contribution < 1.29 is 13.9 Å². The summed E-state index contributed by atoms with van der Waals surface area (Å²) in [4.78, 5) is 0. The second-order valence-electron chi connectivity index (χ2n) is 12.5. The van der Waals surface area contributed by atoms with Crippen molar-refractivity contribution in [1.82, 2.24) is 4.57 Å². The molecule has 0 atom stereocenters. The molecule has 0 fully saturated rings. The molecular weight excluding hydrogens is 577 g/mol. The van der Waals surface area contributed by atoms with E-state index in [4.69, 9.17) is 13.9 Å². The number of nitrogens with zero attached hydrogens (tertiary/aromatic N) is 1. The third-order valence-electron chi connectivity index (χ3n) is 9.92. The maximum atomic E-state index is 6.74. The molecule has 0 unspecified atom stereocenters. The van der Waals surface area contributed by atoms with Gasteiger partial charge in [0.15, 0.2) is 0 Å². The van der Waals surface area contributed by atoms with Crippen LogP contribution in [0.3, 0.4) is 0 Å². The lowest BCUT2D eigenvalue weighted by Gasteiger charge is -2.33. The molecule has 0 radical (unpaired) electrons. The molecule has 9 aromatic rings. The number of rotatable bonds is 2. The Kier molecular flexibility index (Phi) is 4.89. The summed E-state index contributed by atoms with van der Waals surface area (Å²) in [5.41, 5.74) is 10.7. The number of ether oxygens (including phenoxy) is 2.